The van der Waals surface area contributed by atoms with E-state index in [1.54, 1.807) is 0 Å². The molecule has 0 bridgehead atoms. The van der Waals surface area contributed by atoms with Crippen LogP contribution < -0.4 is 0 Å². The van der Waals surface area contributed by atoms with E-state index in [-0.39, 0.29) is 0 Å². The maximum Gasteiger partial charge on any atom is 0.0709 e. The van der Waals surface area contributed by atoms with Crippen LogP contribution in [-0.2, 0) is 6.54 Å². The van der Waals surface area contributed by atoms with E-state index in [0.29, 0.717) is 0 Å². The summed E-state index contributed by atoms with van der Waals surface area (Å²) >= 11 is 0. The highest BCUT2D eigenvalue weighted by atomic mass is 15.1. The summed E-state index contributed by atoms with van der Waals surface area (Å²) in [6, 6.07) is 21.3. The lowest BCUT2D eigenvalue weighted by Crippen LogP contribution is -2.28. The Kier molecular flexibility index (Phi) is 4.89. The van der Waals surface area contributed by atoms with Crippen LogP contribution in [0.2, 0.25) is 0 Å². The number of fused-ring (bicyclic) bond motifs is 1. The normalized spacial score (nSPS) is 15.8. The van der Waals surface area contributed by atoms with Gasteiger partial charge < -0.3 is 0 Å². The van der Waals surface area contributed by atoms with E-state index >= 15 is 0 Å². The number of likely N-dealkylation sites (tertiary alicyclic amines) is 1. The number of benzene rings is 2. The van der Waals surface area contributed by atoms with Crippen molar-refractivity contribution in [2.24, 2.45) is 0 Å². The maximum atomic E-state index is 4.69. The van der Waals surface area contributed by atoms with Crippen LogP contribution in [0.25, 0.3) is 23.1 Å². The summed E-state index contributed by atoms with van der Waals surface area (Å²) in [5.74, 6) is 0. The van der Waals surface area contributed by atoms with Crippen LogP contribution in [0.3, 0.4) is 0 Å². The fourth-order valence-electron chi connectivity index (χ4n) is 3.47. The SMILES string of the molecule is C(=C\c1ccc2ccccc2n1)/c1ccc(CN2CCCCC2)cc1. The molecule has 2 nitrogen and oxygen atoms in total. The molecule has 1 aliphatic rings. The van der Waals surface area contributed by atoms with Gasteiger partial charge in [0.15, 0.2) is 0 Å². The molecule has 0 spiro atoms. The molecule has 0 aliphatic carbocycles. The number of para-hydroxylation sites is 1. The third-order valence-electron chi connectivity index (χ3n) is 4.90. The number of hydrogen-bond donors (Lipinski definition) is 0. The van der Waals surface area contributed by atoms with Gasteiger partial charge in [0.05, 0.1) is 11.2 Å². The van der Waals surface area contributed by atoms with Gasteiger partial charge in [-0.1, -0.05) is 61.0 Å². The molecule has 1 saturated heterocycles. The van der Waals surface area contributed by atoms with Gasteiger partial charge in [-0.05, 0) is 55.3 Å². The summed E-state index contributed by atoms with van der Waals surface area (Å²) in [5, 5.41) is 1.18. The van der Waals surface area contributed by atoms with Crippen LogP contribution in [0, 0.1) is 0 Å². The van der Waals surface area contributed by atoms with Gasteiger partial charge in [0.2, 0.25) is 0 Å². The predicted octanol–water partition coefficient (Wildman–Crippen LogP) is 5.39. The van der Waals surface area contributed by atoms with Gasteiger partial charge >= 0.3 is 0 Å². The smallest absolute Gasteiger partial charge is 0.0709 e. The van der Waals surface area contributed by atoms with Crippen molar-refractivity contribution in [2.45, 2.75) is 25.8 Å². The minimum atomic E-state index is 0.996. The minimum absolute atomic E-state index is 0.996. The van der Waals surface area contributed by atoms with E-state index in [0.717, 1.165) is 17.8 Å². The number of pyridine rings is 1. The molecular weight excluding hydrogens is 304 g/mol. The summed E-state index contributed by atoms with van der Waals surface area (Å²) in [4.78, 5) is 7.25. The third-order valence-corrected chi connectivity index (χ3v) is 4.90. The molecule has 0 unspecified atom stereocenters. The van der Waals surface area contributed by atoms with E-state index in [4.69, 9.17) is 4.98 Å². The Morgan fingerprint density at radius 3 is 2.44 bits per heavy atom. The Morgan fingerprint density at radius 1 is 0.800 bits per heavy atom. The average molecular weight is 328 g/mol. The molecule has 126 valence electrons. The molecule has 1 fully saturated rings. The molecule has 1 aromatic heterocycles. The first-order valence-corrected chi connectivity index (χ1v) is 9.22. The van der Waals surface area contributed by atoms with Crippen molar-refractivity contribution in [2.75, 3.05) is 13.1 Å². The van der Waals surface area contributed by atoms with E-state index < -0.39 is 0 Å². The molecule has 3 aromatic rings. The first-order chi connectivity index (χ1) is 12.4. The Labute approximate surface area is 149 Å². The second-order valence-electron chi connectivity index (χ2n) is 6.84. The third kappa shape index (κ3) is 4.15. The van der Waals surface area contributed by atoms with Crippen LogP contribution in [0.4, 0.5) is 0 Å². The fourth-order valence-corrected chi connectivity index (χ4v) is 3.47. The Bertz CT molecular complexity index is 859. The molecule has 1 aliphatic heterocycles. The van der Waals surface area contributed by atoms with Crippen LogP contribution in [0.5, 0.6) is 0 Å². The van der Waals surface area contributed by atoms with Gasteiger partial charge in [-0.3, -0.25) is 4.90 Å². The van der Waals surface area contributed by atoms with Crippen molar-refractivity contribution < 1.29 is 0 Å². The summed E-state index contributed by atoms with van der Waals surface area (Å²) < 4.78 is 0. The number of hydrogen-bond acceptors (Lipinski definition) is 2. The van der Waals surface area contributed by atoms with Crippen LogP contribution in [0.15, 0.2) is 60.7 Å². The molecule has 0 N–H and O–H groups in total. The molecule has 2 heterocycles. The zero-order valence-electron chi connectivity index (χ0n) is 14.6. The largest absolute Gasteiger partial charge is 0.299 e. The Morgan fingerprint density at radius 2 is 1.60 bits per heavy atom. The van der Waals surface area contributed by atoms with Crippen molar-refractivity contribution >= 4 is 23.1 Å². The number of rotatable bonds is 4. The average Bonchev–Trinajstić information content (AvgIpc) is 2.68. The van der Waals surface area contributed by atoms with E-state index in [1.165, 1.54) is 48.9 Å². The molecule has 2 aromatic carbocycles. The van der Waals surface area contributed by atoms with Crippen molar-refractivity contribution in [3.63, 3.8) is 0 Å². The van der Waals surface area contributed by atoms with E-state index in [1.807, 2.05) is 12.1 Å². The minimum Gasteiger partial charge on any atom is -0.299 e. The van der Waals surface area contributed by atoms with Crippen molar-refractivity contribution in [1.29, 1.82) is 0 Å². The quantitative estimate of drug-likeness (QED) is 0.638. The molecule has 0 saturated carbocycles. The molecule has 2 heteroatoms. The zero-order valence-corrected chi connectivity index (χ0v) is 14.6. The molecule has 4 rings (SSSR count). The molecule has 25 heavy (non-hydrogen) atoms. The lowest BCUT2D eigenvalue weighted by molar-refractivity contribution is 0.221. The Hall–Kier alpha value is -2.45. The second-order valence-corrected chi connectivity index (χ2v) is 6.84. The summed E-state index contributed by atoms with van der Waals surface area (Å²) in [7, 11) is 0. The van der Waals surface area contributed by atoms with Gasteiger partial charge in [0.1, 0.15) is 0 Å². The molecular formula is C23H24N2. The van der Waals surface area contributed by atoms with Crippen molar-refractivity contribution in [1.82, 2.24) is 9.88 Å². The summed E-state index contributed by atoms with van der Waals surface area (Å²) in [6.07, 6.45) is 8.32. The molecule has 0 amide bonds. The first kappa shape index (κ1) is 16.0. The van der Waals surface area contributed by atoms with E-state index in [2.05, 4.69) is 65.6 Å². The molecule has 0 atom stereocenters. The highest BCUT2D eigenvalue weighted by molar-refractivity contribution is 5.80. The maximum absolute atomic E-state index is 4.69. The van der Waals surface area contributed by atoms with Gasteiger partial charge in [0, 0.05) is 11.9 Å². The monoisotopic (exact) mass is 328 g/mol. The summed E-state index contributed by atoms with van der Waals surface area (Å²) in [5.41, 5.74) is 4.66. The predicted molar refractivity (Wildman–Crippen MR) is 106 cm³/mol. The van der Waals surface area contributed by atoms with Crippen LogP contribution in [0.1, 0.15) is 36.1 Å². The van der Waals surface area contributed by atoms with Crippen molar-refractivity contribution in [3.05, 3.63) is 77.5 Å². The topological polar surface area (TPSA) is 16.1 Å². The highest BCUT2D eigenvalue weighted by Crippen LogP contribution is 2.16. The van der Waals surface area contributed by atoms with Gasteiger partial charge in [-0.25, -0.2) is 4.98 Å². The summed E-state index contributed by atoms with van der Waals surface area (Å²) in [6.45, 7) is 3.57. The van der Waals surface area contributed by atoms with Gasteiger partial charge in [0.25, 0.3) is 0 Å². The van der Waals surface area contributed by atoms with Gasteiger partial charge in [-0.15, -0.1) is 0 Å². The zero-order chi connectivity index (χ0) is 16.9. The van der Waals surface area contributed by atoms with Gasteiger partial charge in [-0.2, -0.15) is 0 Å². The first-order valence-electron chi connectivity index (χ1n) is 9.22. The van der Waals surface area contributed by atoms with E-state index in [9.17, 15) is 0 Å². The Balaban J connectivity index is 1.43. The van der Waals surface area contributed by atoms with Crippen molar-refractivity contribution in [3.8, 4) is 0 Å². The fraction of sp³-hybridized carbons (Fsp3) is 0.261. The number of aromatic nitrogens is 1. The lowest BCUT2D eigenvalue weighted by Gasteiger charge is -2.26. The van der Waals surface area contributed by atoms with Crippen LogP contribution >= 0.6 is 0 Å². The molecule has 0 radical (unpaired) electrons. The van der Waals surface area contributed by atoms with Crippen LogP contribution in [-0.4, -0.2) is 23.0 Å². The number of nitrogens with zero attached hydrogens (tertiary/aromatic N) is 2. The highest BCUT2D eigenvalue weighted by Gasteiger charge is 2.09. The second kappa shape index (κ2) is 7.62. The lowest BCUT2D eigenvalue weighted by atomic mass is 10.1. The number of piperidine rings is 1. The standard InChI is InChI=1S/C23H24N2/c1-4-16-25(17-5-1)18-20-10-8-19(9-11-20)12-14-22-15-13-21-6-2-3-7-23(21)24-22/h2-3,6-15H,1,4-5,16-18H2/b14-12+.